The van der Waals surface area contributed by atoms with E-state index in [1.54, 1.807) is 37.3 Å². The Labute approximate surface area is 174 Å². The molecule has 0 spiro atoms. The second-order valence-electron chi connectivity index (χ2n) is 7.67. The molecule has 0 aromatic heterocycles. The van der Waals surface area contributed by atoms with Gasteiger partial charge in [-0.1, -0.05) is 0 Å². The van der Waals surface area contributed by atoms with Gasteiger partial charge in [0.15, 0.2) is 0 Å². The molecule has 0 bridgehead atoms. The number of carbonyl (C=O) groups is 1. The van der Waals surface area contributed by atoms with E-state index >= 15 is 0 Å². The van der Waals surface area contributed by atoms with Crippen LogP contribution in [0.4, 0.5) is 11.4 Å². The molecule has 2 aliphatic rings. The lowest BCUT2D eigenvalue weighted by Crippen LogP contribution is -2.30. The van der Waals surface area contributed by atoms with Gasteiger partial charge in [0.1, 0.15) is 17.2 Å². The molecule has 8 nitrogen and oxygen atoms in total. The Hall–Kier alpha value is -3.29. The summed E-state index contributed by atoms with van der Waals surface area (Å²) in [5, 5.41) is 14.7. The zero-order valence-electron chi connectivity index (χ0n) is 17.1. The molecular weight excluding hydrogens is 386 g/mol. The Morgan fingerprint density at radius 3 is 2.60 bits per heavy atom. The number of nitro groups is 1. The van der Waals surface area contributed by atoms with Crippen LogP contribution in [0.5, 0.6) is 11.5 Å². The minimum atomic E-state index is -0.435. The molecule has 0 radical (unpaired) electrons. The fourth-order valence-electron chi connectivity index (χ4n) is 3.98. The highest BCUT2D eigenvalue weighted by atomic mass is 16.6. The van der Waals surface area contributed by atoms with Crippen molar-refractivity contribution in [3.63, 3.8) is 0 Å². The quantitative estimate of drug-likeness (QED) is 0.543. The first-order chi connectivity index (χ1) is 14.5. The van der Waals surface area contributed by atoms with Crippen molar-refractivity contribution < 1.29 is 19.2 Å². The van der Waals surface area contributed by atoms with Gasteiger partial charge < -0.3 is 19.7 Å². The number of nitro benzene ring substituents is 1. The molecule has 1 unspecified atom stereocenters. The van der Waals surface area contributed by atoms with Gasteiger partial charge in [-0.05, 0) is 49.9 Å². The molecule has 158 valence electrons. The third-order valence-corrected chi connectivity index (χ3v) is 5.69. The third-order valence-electron chi connectivity index (χ3n) is 5.69. The summed E-state index contributed by atoms with van der Waals surface area (Å²) in [5.41, 5.74) is 1.63. The van der Waals surface area contributed by atoms with Crippen LogP contribution in [0.2, 0.25) is 0 Å². The van der Waals surface area contributed by atoms with Crippen LogP contribution >= 0.6 is 0 Å². The molecule has 2 aromatic carbocycles. The Bertz CT molecular complexity index is 973. The maximum Gasteiger partial charge on any atom is 0.293 e. The molecule has 30 heavy (non-hydrogen) atoms. The summed E-state index contributed by atoms with van der Waals surface area (Å²) >= 11 is 0. The Morgan fingerprint density at radius 2 is 1.93 bits per heavy atom. The van der Waals surface area contributed by atoms with Crippen molar-refractivity contribution in [1.82, 2.24) is 4.90 Å². The second-order valence-corrected chi connectivity index (χ2v) is 7.67. The predicted molar refractivity (Wildman–Crippen MR) is 112 cm³/mol. The van der Waals surface area contributed by atoms with Gasteiger partial charge in [0.05, 0.1) is 25.2 Å². The largest absolute Gasteiger partial charge is 0.497 e. The minimum Gasteiger partial charge on any atom is -0.497 e. The van der Waals surface area contributed by atoms with Gasteiger partial charge in [-0.15, -0.1) is 0 Å². The van der Waals surface area contributed by atoms with Gasteiger partial charge in [0, 0.05) is 35.8 Å². The van der Waals surface area contributed by atoms with Crippen LogP contribution in [0.15, 0.2) is 36.4 Å². The molecule has 1 aliphatic carbocycles. The van der Waals surface area contributed by atoms with E-state index in [0.29, 0.717) is 29.3 Å². The van der Waals surface area contributed by atoms with Crippen molar-refractivity contribution in [2.75, 3.05) is 26.1 Å². The van der Waals surface area contributed by atoms with Crippen molar-refractivity contribution >= 4 is 17.3 Å². The summed E-state index contributed by atoms with van der Waals surface area (Å²) in [6.45, 7) is 0.592. The maximum atomic E-state index is 13.3. The summed E-state index contributed by atoms with van der Waals surface area (Å²) in [6.07, 6.45) is 3.68. The number of amides is 1. The van der Waals surface area contributed by atoms with Crippen LogP contribution < -0.4 is 14.8 Å². The van der Waals surface area contributed by atoms with E-state index < -0.39 is 4.92 Å². The number of ether oxygens (including phenoxy) is 2. The zero-order valence-corrected chi connectivity index (χ0v) is 17.1. The van der Waals surface area contributed by atoms with Crippen LogP contribution in [0.3, 0.4) is 0 Å². The predicted octanol–water partition coefficient (Wildman–Crippen LogP) is 4.16. The fraction of sp³-hybridized carbons (Fsp3) is 0.409. The number of carbonyl (C=O) groups excluding carboxylic acids is 1. The highest BCUT2D eigenvalue weighted by Crippen LogP contribution is 2.40. The number of nitrogens with zero attached hydrogens (tertiary/aromatic N) is 2. The lowest BCUT2D eigenvalue weighted by Gasteiger charge is -2.26. The smallest absolute Gasteiger partial charge is 0.293 e. The summed E-state index contributed by atoms with van der Waals surface area (Å²) in [6, 6.07) is 10.4. The maximum absolute atomic E-state index is 13.3. The van der Waals surface area contributed by atoms with Crippen LogP contribution in [0, 0.1) is 10.1 Å². The number of nitrogens with one attached hydrogen (secondary N) is 1. The monoisotopic (exact) mass is 411 g/mol. The van der Waals surface area contributed by atoms with Gasteiger partial charge >= 0.3 is 0 Å². The van der Waals surface area contributed by atoms with Crippen LogP contribution in [-0.2, 0) is 0 Å². The van der Waals surface area contributed by atoms with Crippen LogP contribution in [0.25, 0.3) is 0 Å². The number of methoxy groups -OCH3 is 2. The zero-order chi connectivity index (χ0) is 21.3. The normalized spacial score (nSPS) is 18.2. The summed E-state index contributed by atoms with van der Waals surface area (Å²) in [4.78, 5) is 26.2. The van der Waals surface area contributed by atoms with E-state index in [9.17, 15) is 14.9 Å². The number of hydrogen-bond acceptors (Lipinski definition) is 6. The average molecular weight is 411 g/mol. The summed E-state index contributed by atoms with van der Waals surface area (Å²) in [5.74, 6) is 1.13. The van der Waals surface area contributed by atoms with E-state index in [4.69, 9.17) is 9.47 Å². The van der Waals surface area contributed by atoms with E-state index in [-0.39, 0.29) is 23.7 Å². The molecular formula is C22H25N3O5. The second kappa shape index (κ2) is 8.22. The topological polar surface area (TPSA) is 93.9 Å². The lowest BCUT2D eigenvalue weighted by molar-refractivity contribution is -0.384. The number of benzene rings is 2. The first-order valence-electron chi connectivity index (χ1n) is 10.1. The highest BCUT2D eigenvalue weighted by molar-refractivity contribution is 5.96. The first-order valence-corrected chi connectivity index (χ1v) is 10.1. The van der Waals surface area contributed by atoms with Gasteiger partial charge in [-0.25, -0.2) is 0 Å². The van der Waals surface area contributed by atoms with Gasteiger partial charge in [0.2, 0.25) is 0 Å². The lowest BCUT2D eigenvalue weighted by atomic mass is 10.0. The Kier molecular flexibility index (Phi) is 5.48. The minimum absolute atomic E-state index is 0.0643. The van der Waals surface area contributed by atoms with Crippen molar-refractivity contribution in [2.24, 2.45) is 0 Å². The molecule has 2 fully saturated rings. The highest BCUT2D eigenvalue weighted by Gasteiger charge is 2.34. The van der Waals surface area contributed by atoms with E-state index in [0.717, 1.165) is 31.2 Å². The van der Waals surface area contributed by atoms with Crippen molar-refractivity contribution in [3.8, 4) is 11.5 Å². The van der Waals surface area contributed by atoms with Crippen LogP contribution in [-0.4, -0.2) is 42.5 Å². The SMILES string of the molecule is COc1ccc(C2CCCN2C(=O)c2ccc(NC3CC3)c([N+](=O)[O-])c2)c(OC)c1. The Morgan fingerprint density at radius 1 is 1.13 bits per heavy atom. The molecule has 4 rings (SSSR count). The third kappa shape index (κ3) is 3.90. The molecule has 1 saturated heterocycles. The van der Waals surface area contributed by atoms with Crippen molar-refractivity contribution in [1.29, 1.82) is 0 Å². The molecule has 1 aliphatic heterocycles. The summed E-state index contributed by atoms with van der Waals surface area (Å²) in [7, 11) is 3.18. The molecule has 8 heteroatoms. The van der Waals surface area contributed by atoms with E-state index in [1.165, 1.54) is 6.07 Å². The van der Waals surface area contributed by atoms with Gasteiger partial charge in [-0.3, -0.25) is 14.9 Å². The number of rotatable bonds is 7. The molecule has 1 N–H and O–H groups in total. The first kappa shape index (κ1) is 20.0. The van der Waals surface area contributed by atoms with Gasteiger partial charge in [-0.2, -0.15) is 0 Å². The molecule has 2 aromatic rings. The average Bonchev–Trinajstić information content (AvgIpc) is 3.45. The van der Waals surface area contributed by atoms with Gasteiger partial charge in [0.25, 0.3) is 11.6 Å². The standard InChI is InChI=1S/C22H25N3O5/c1-29-16-8-9-17(21(13-16)30-2)19-4-3-11-24(19)22(26)14-5-10-18(23-15-6-7-15)20(12-14)25(27)28/h5,8-10,12-13,15,19,23H,3-4,6-7,11H2,1-2H3. The molecule has 1 amide bonds. The fourth-order valence-corrected chi connectivity index (χ4v) is 3.98. The number of hydrogen-bond donors (Lipinski definition) is 1. The van der Waals surface area contributed by atoms with Crippen molar-refractivity contribution in [2.45, 2.75) is 37.8 Å². The van der Waals surface area contributed by atoms with Crippen LogP contribution in [0.1, 0.15) is 47.6 Å². The molecule has 1 heterocycles. The van der Waals surface area contributed by atoms with E-state index in [1.807, 2.05) is 12.1 Å². The van der Waals surface area contributed by atoms with E-state index in [2.05, 4.69) is 5.32 Å². The molecule has 1 atom stereocenters. The number of anilines is 1. The van der Waals surface area contributed by atoms with Crippen molar-refractivity contribution in [3.05, 3.63) is 57.6 Å². The Balaban J connectivity index is 1.62. The molecule has 1 saturated carbocycles. The number of likely N-dealkylation sites (tertiary alicyclic amines) is 1. The summed E-state index contributed by atoms with van der Waals surface area (Å²) < 4.78 is 10.8.